The normalized spacial score (nSPS) is 17.3. The summed E-state index contributed by atoms with van der Waals surface area (Å²) in [5.74, 6) is 0.826. The Kier molecular flexibility index (Phi) is 6.93. The molecule has 1 N–H and O–H groups in total. The van der Waals surface area contributed by atoms with E-state index in [4.69, 9.17) is 0 Å². The van der Waals surface area contributed by atoms with Crippen LogP contribution in [0.4, 0.5) is 0 Å². The van der Waals surface area contributed by atoms with Gasteiger partial charge in [-0.2, -0.15) is 15.5 Å². The summed E-state index contributed by atoms with van der Waals surface area (Å²) in [6.07, 6.45) is 8.04. The molecule has 1 saturated heterocycles. The number of rotatable bonds is 6. The van der Waals surface area contributed by atoms with Gasteiger partial charge in [-0.1, -0.05) is 30.3 Å². The van der Waals surface area contributed by atoms with E-state index in [1.807, 2.05) is 55.0 Å². The standard InChI is InChI=1S/C30H28N8O/c31-15-21-3-1-5-23(13-21)28-7-8-29(39)38(36-28)19-22-4-2-6-24(14-22)30-33-16-25(17-34-30)26-18-35-37(20-26)27-9-11-32-12-10-27/h1-8,13-14,16-18,26-27,32H,9-12,19-20H2. The number of hydrogen-bond donors (Lipinski definition) is 1. The van der Waals surface area contributed by atoms with Crippen LogP contribution >= 0.6 is 0 Å². The van der Waals surface area contributed by atoms with Crippen molar-refractivity contribution in [2.75, 3.05) is 19.6 Å². The van der Waals surface area contributed by atoms with Gasteiger partial charge in [0.25, 0.3) is 5.56 Å². The molecule has 4 aromatic rings. The minimum Gasteiger partial charge on any atom is -0.317 e. The van der Waals surface area contributed by atoms with Crippen LogP contribution < -0.4 is 10.9 Å². The van der Waals surface area contributed by atoms with Crippen molar-refractivity contribution in [3.05, 3.63) is 100 Å². The predicted molar refractivity (Wildman–Crippen MR) is 149 cm³/mol. The molecule has 0 saturated carbocycles. The highest BCUT2D eigenvalue weighted by molar-refractivity contribution is 5.69. The third-order valence-corrected chi connectivity index (χ3v) is 7.28. The molecule has 0 bridgehead atoms. The molecule has 2 aromatic carbocycles. The van der Waals surface area contributed by atoms with Crippen molar-refractivity contribution in [2.24, 2.45) is 5.10 Å². The van der Waals surface area contributed by atoms with Gasteiger partial charge in [-0.25, -0.2) is 14.6 Å². The summed E-state index contributed by atoms with van der Waals surface area (Å²) < 4.78 is 1.44. The molecule has 2 aliphatic rings. The van der Waals surface area contributed by atoms with Crippen LogP contribution in [-0.2, 0) is 6.54 Å². The Hall–Kier alpha value is -4.68. The largest absolute Gasteiger partial charge is 0.317 e. The molecule has 39 heavy (non-hydrogen) atoms. The van der Waals surface area contributed by atoms with Gasteiger partial charge in [0.1, 0.15) is 0 Å². The lowest BCUT2D eigenvalue weighted by molar-refractivity contribution is 0.181. The lowest BCUT2D eigenvalue weighted by atomic mass is 10.0. The van der Waals surface area contributed by atoms with E-state index in [0.717, 1.165) is 54.7 Å². The van der Waals surface area contributed by atoms with Crippen LogP contribution in [0.1, 0.15) is 35.4 Å². The summed E-state index contributed by atoms with van der Waals surface area (Å²) in [7, 11) is 0. The summed E-state index contributed by atoms with van der Waals surface area (Å²) >= 11 is 0. The number of nitrogens with one attached hydrogen (secondary N) is 1. The number of aromatic nitrogens is 4. The Balaban J connectivity index is 1.17. The van der Waals surface area contributed by atoms with Gasteiger partial charge in [0.2, 0.25) is 0 Å². The predicted octanol–water partition coefficient (Wildman–Crippen LogP) is 3.42. The average molecular weight is 517 g/mol. The average Bonchev–Trinajstić information content (AvgIpc) is 3.50. The fourth-order valence-corrected chi connectivity index (χ4v) is 5.13. The number of nitrogens with zero attached hydrogens (tertiary/aromatic N) is 7. The van der Waals surface area contributed by atoms with Crippen LogP contribution in [0.15, 0.2) is 83.0 Å². The molecule has 9 heteroatoms. The lowest BCUT2D eigenvalue weighted by Crippen LogP contribution is -2.40. The molecule has 1 atom stereocenters. The first-order valence-corrected chi connectivity index (χ1v) is 13.2. The van der Waals surface area contributed by atoms with Gasteiger partial charge in [-0.05, 0) is 61.3 Å². The molecule has 0 radical (unpaired) electrons. The Labute approximate surface area is 226 Å². The molecule has 6 rings (SSSR count). The van der Waals surface area contributed by atoms with Gasteiger partial charge in [-0.15, -0.1) is 0 Å². The molecule has 4 heterocycles. The van der Waals surface area contributed by atoms with E-state index >= 15 is 0 Å². The summed E-state index contributed by atoms with van der Waals surface area (Å²) in [5, 5.41) is 24.1. The Morgan fingerprint density at radius 2 is 1.77 bits per heavy atom. The van der Waals surface area contributed by atoms with Gasteiger partial charge in [0.15, 0.2) is 5.82 Å². The van der Waals surface area contributed by atoms with Crippen LogP contribution in [0.5, 0.6) is 0 Å². The summed E-state index contributed by atoms with van der Waals surface area (Å²) in [4.78, 5) is 21.9. The maximum atomic E-state index is 12.6. The maximum absolute atomic E-state index is 12.6. The van der Waals surface area contributed by atoms with E-state index in [1.165, 1.54) is 10.7 Å². The number of nitriles is 1. The molecule has 2 aliphatic heterocycles. The van der Waals surface area contributed by atoms with Gasteiger partial charge >= 0.3 is 0 Å². The molecule has 194 valence electrons. The Bertz CT molecular complexity index is 1600. The number of hydrazone groups is 1. The second-order valence-corrected chi connectivity index (χ2v) is 9.92. The van der Waals surface area contributed by atoms with Crippen molar-refractivity contribution < 1.29 is 0 Å². The van der Waals surface area contributed by atoms with Gasteiger partial charge in [0.05, 0.1) is 23.9 Å². The fraction of sp³-hybridized carbons (Fsp3) is 0.267. The highest BCUT2D eigenvalue weighted by atomic mass is 16.1. The van der Waals surface area contributed by atoms with Crippen molar-refractivity contribution in [3.63, 3.8) is 0 Å². The van der Waals surface area contributed by atoms with E-state index in [-0.39, 0.29) is 11.5 Å². The molecule has 9 nitrogen and oxygen atoms in total. The van der Waals surface area contributed by atoms with E-state index in [2.05, 4.69) is 36.6 Å². The molecular formula is C30H28N8O. The zero-order valence-corrected chi connectivity index (χ0v) is 21.4. The molecule has 0 aliphatic carbocycles. The smallest absolute Gasteiger partial charge is 0.267 e. The second kappa shape index (κ2) is 11.0. The van der Waals surface area contributed by atoms with Crippen LogP contribution in [0.3, 0.4) is 0 Å². The second-order valence-electron chi connectivity index (χ2n) is 9.92. The maximum Gasteiger partial charge on any atom is 0.267 e. The van der Waals surface area contributed by atoms with Crippen LogP contribution in [-0.4, -0.2) is 56.6 Å². The Morgan fingerprint density at radius 1 is 0.974 bits per heavy atom. The van der Waals surface area contributed by atoms with Gasteiger partial charge in [0, 0.05) is 54.3 Å². The van der Waals surface area contributed by atoms with E-state index < -0.39 is 0 Å². The quantitative estimate of drug-likeness (QED) is 0.418. The van der Waals surface area contributed by atoms with Crippen molar-refractivity contribution in [3.8, 4) is 28.7 Å². The van der Waals surface area contributed by atoms with Crippen molar-refractivity contribution in [2.45, 2.75) is 31.3 Å². The van der Waals surface area contributed by atoms with Crippen molar-refractivity contribution >= 4 is 6.21 Å². The minimum atomic E-state index is -0.196. The highest BCUT2D eigenvalue weighted by Crippen LogP contribution is 2.25. The third-order valence-electron chi connectivity index (χ3n) is 7.28. The van der Waals surface area contributed by atoms with Crippen molar-refractivity contribution in [1.82, 2.24) is 30.1 Å². The van der Waals surface area contributed by atoms with E-state index in [0.29, 0.717) is 29.7 Å². The first-order valence-electron chi connectivity index (χ1n) is 13.2. The van der Waals surface area contributed by atoms with E-state index in [9.17, 15) is 10.1 Å². The number of benzene rings is 2. The Morgan fingerprint density at radius 3 is 2.59 bits per heavy atom. The SMILES string of the molecule is N#Cc1cccc(-c2ccc(=O)n(Cc3cccc(-c4ncc(C5C=NN(C6CCNCC6)C5)cn4)c3)n2)c1. The topological polar surface area (TPSA) is 112 Å². The summed E-state index contributed by atoms with van der Waals surface area (Å²) in [6.45, 7) is 3.27. The van der Waals surface area contributed by atoms with Crippen LogP contribution in [0.25, 0.3) is 22.6 Å². The number of piperidine rings is 1. The molecular weight excluding hydrogens is 488 g/mol. The van der Waals surface area contributed by atoms with E-state index in [1.54, 1.807) is 18.2 Å². The monoisotopic (exact) mass is 516 g/mol. The van der Waals surface area contributed by atoms with Crippen LogP contribution in [0.2, 0.25) is 0 Å². The first-order chi connectivity index (χ1) is 19.2. The summed E-state index contributed by atoms with van der Waals surface area (Å²) in [5.41, 5.74) is 4.62. The number of hydrogen-bond acceptors (Lipinski definition) is 8. The third kappa shape index (κ3) is 5.47. The zero-order chi connectivity index (χ0) is 26.6. The lowest BCUT2D eigenvalue weighted by Gasteiger charge is -2.30. The molecule has 1 unspecified atom stereocenters. The highest BCUT2D eigenvalue weighted by Gasteiger charge is 2.27. The first kappa shape index (κ1) is 24.6. The van der Waals surface area contributed by atoms with Crippen molar-refractivity contribution in [1.29, 1.82) is 5.26 Å². The van der Waals surface area contributed by atoms with Crippen LogP contribution in [0, 0.1) is 11.3 Å². The summed E-state index contributed by atoms with van der Waals surface area (Å²) in [6, 6.07) is 20.9. The molecule has 0 amide bonds. The zero-order valence-electron chi connectivity index (χ0n) is 21.4. The van der Waals surface area contributed by atoms with Gasteiger partial charge < -0.3 is 5.32 Å². The molecule has 1 fully saturated rings. The fourth-order valence-electron chi connectivity index (χ4n) is 5.13. The van der Waals surface area contributed by atoms with Gasteiger partial charge in [-0.3, -0.25) is 9.80 Å². The minimum absolute atomic E-state index is 0.194. The molecule has 0 spiro atoms. The molecule has 2 aromatic heterocycles.